The standard InChI is InChI=1S/C24H20N2O3/c27-24(26-15-19-9-10-23(25-14-19)21-11-12-28-17-21)20-7-4-8-22(13-20)29-16-18-5-2-1-3-6-18/h1-14,17H,15-16H2,(H,26,27). The van der Waals surface area contributed by atoms with Crippen molar-refractivity contribution in [2.75, 3.05) is 0 Å². The third-order valence-electron chi connectivity index (χ3n) is 4.44. The van der Waals surface area contributed by atoms with Crippen LogP contribution < -0.4 is 10.1 Å². The molecule has 5 nitrogen and oxygen atoms in total. The minimum Gasteiger partial charge on any atom is -0.489 e. The summed E-state index contributed by atoms with van der Waals surface area (Å²) in [5, 5.41) is 2.92. The van der Waals surface area contributed by atoms with E-state index in [1.807, 2.05) is 60.7 Å². The Balaban J connectivity index is 1.33. The monoisotopic (exact) mass is 384 g/mol. The van der Waals surface area contributed by atoms with E-state index in [2.05, 4.69) is 10.3 Å². The number of ether oxygens (including phenoxy) is 1. The van der Waals surface area contributed by atoms with Crippen molar-refractivity contribution in [3.63, 3.8) is 0 Å². The molecule has 0 atom stereocenters. The van der Waals surface area contributed by atoms with Crippen LogP contribution >= 0.6 is 0 Å². The highest BCUT2D eigenvalue weighted by atomic mass is 16.5. The first-order valence-electron chi connectivity index (χ1n) is 9.30. The zero-order valence-electron chi connectivity index (χ0n) is 15.7. The van der Waals surface area contributed by atoms with Crippen LogP contribution in [-0.4, -0.2) is 10.9 Å². The lowest BCUT2D eigenvalue weighted by Gasteiger charge is -2.09. The van der Waals surface area contributed by atoms with Crippen LogP contribution in [0.5, 0.6) is 5.75 Å². The average Bonchev–Trinajstić information content (AvgIpc) is 3.32. The molecule has 4 aromatic rings. The fourth-order valence-electron chi connectivity index (χ4n) is 2.86. The van der Waals surface area contributed by atoms with Crippen molar-refractivity contribution >= 4 is 5.91 Å². The second-order valence-electron chi connectivity index (χ2n) is 6.55. The summed E-state index contributed by atoms with van der Waals surface area (Å²) in [7, 11) is 0. The van der Waals surface area contributed by atoms with Crippen LogP contribution in [0.1, 0.15) is 21.5 Å². The van der Waals surface area contributed by atoms with E-state index in [1.54, 1.807) is 30.9 Å². The molecule has 0 aliphatic rings. The molecular formula is C24H20N2O3. The number of rotatable bonds is 7. The summed E-state index contributed by atoms with van der Waals surface area (Å²) < 4.78 is 10.9. The van der Waals surface area contributed by atoms with Crippen LogP contribution in [0.3, 0.4) is 0 Å². The van der Waals surface area contributed by atoms with Gasteiger partial charge in [-0.25, -0.2) is 0 Å². The van der Waals surface area contributed by atoms with Crippen LogP contribution in [0.25, 0.3) is 11.3 Å². The Kier molecular flexibility index (Phi) is 5.67. The first kappa shape index (κ1) is 18.5. The summed E-state index contributed by atoms with van der Waals surface area (Å²) >= 11 is 0. The van der Waals surface area contributed by atoms with Crippen molar-refractivity contribution in [3.05, 3.63) is 108 Å². The Morgan fingerprint density at radius 2 is 1.86 bits per heavy atom. The highest BCUT2D eigenvalue weighted by molar-refractivity contribution is 5.94. The lowest BCUT2D eigenvalue weighted by atomic mass is 10.1. The summed E-state index contributed by atoms with van der Waals surface area (Å²) in [6, 6.07) is 22.8. The molecule has 1 amide bonds. The van der Waals surface area contributed by atoms with Gasteiger partial charge < -0.3 is 14.5 Å². The number of benzene rings is 2. The molecule has 0 unspecified atom stereocenters. The van der Waals surface area contributed by atoms with Crippen LogP contribution in [0.2, 0.25) is 0 Å². The van der Waals surface area contributed by atoms with Crippen molar-refractivity contribution in [2.45, 2.75) is 13.2 Å². The topological polar surface area (TPSA) is 64.4 Å². The molecule has 0 aliphatic heterocycles. The Morgan fingerprint density at radius 1 is 0.966 bits per heavy atom. The number of nitrogens with one attached hydrogen (secondary N) is 1. The number of aromatic nitrogens is 1. The lowest BCUT2D eigenvalue weighted by molar-refractivity contribution is 0.0950. The van der Waals surface area contributed by atoms with Gasteiger partial charge in [-0.3, -0.25) is 9.78 Å². The fraction of sp³-hybridized carbons (Fsp3) is 0.0833. The molecule has 0 fully saturated rings. The van der Waals surface area contributed by atoms with E-state index in [9.17, 15) is 4.79 Å². The molecule has 2 aromatic heterocycles. The minimum absolute atomic E-state index is 0.158. The van der Waals surface area contributed by atoms with Gasteiger partial charge in [0.15, 0.2) is 0 Å². The molecule has 0 aliphatic carbocycles. The molecule has 5 heteroatoms. The minimum atomic E-state index is -0.158. The average molecular weight is 384 g/mol. The molecule has 0 saturated carbocycles. The van der Waals surface area contributed by atoms with Gasteiger partial charge in [-0.15, -0.1) is 0 Å². The highest BCUT2D eigenvalue weighted by Gasteiger charge is 2.08. The van der Waals surface area contributed by atoms with E-state index in [0.29, 0.717) is 24.5 Å². The maximum atomic E-state index is 12.5. The summed E-state index contributed by atoms with van der Waals surface area (Å²) in [5.41, 5.74) is 4.30. The van der Waals surface area contributed by atoms with E-state index in [1.165, 1.54) is 0 Å². The number of amides is 1. The van der Waals surface area contributed by atoms with Crippen LogP contribution in [0.4, 0.5) is 0 Å². The molecule has 0 spiro atoms. The summed E-state index contributed by atoms with van der Waals surface area (Å²) in [6.07, 6.45) is 5.02. The quantitative estimate of drug-likeness (QED) is 0.495. The molecule has 2 heterocycles. The zero-order valence-corrected chi connectivity index (χ0v) is 15.7. The SMILES string of the molecule is O=C(NCc1ccc(-c2ccoc2)nc1)c1cccc(OCc2ccccc2)c1. The normalized spacial score (nSPS) is 10.5. The predicted molar refractivity (Wildman–Crippen MR) is 110 cm³/mol. The summed E-state index contributed by atoms with van der Waals surface area (Å²) in [6.45, 7) is 0.854. The predicted octanol–water partition coefficient (Wildman–Crippen LogP) is 4.85. The molecule has 0 bridgehead atoms. The Hall–Kier alpha value is -3.86. The number of furan rings is 1. The molecule has 2 aromatic carbocycles. The van der Waals surface area contributed by atoms with Gasteiger partial charge in [0.2, 0.25) is 0 Å². The van der Waals surface area contributed by atoms with Gasteiger partial charge in [0.05, 0.1) is 18.2 Å². The van der Waals surface area contributed by atoms with Crippen LogP contribution in [0.15, 0.2) is 95.9 Å². The molecule has 0 saturated heterocycles. The highest BCUT2D eigenvalue weighted by Crippen LogP contribution is 2.18. The number of carbonyl (C=O) groups is 1. The van der Waals surface area contributed by atoms with Gasteiger partial charge in [-0.05, 0) is 41.5 Å². The largest absolute Gasteiger partial charge is 0.489 e. The zero-order chi connectivity index (χ0) is 19.9. The van der Waals surface area contributed by atoms with Crippen LogP contribution in [0, 0.1) is 0 Å². The molecule has 144 valence electrons. The van der Waals surface area contributed by atoms with E-state index in [0.717, 1.165) is 22.4 Å². The lowest BCUT2D eigenvalue weighted by Crippen LogP contribution is -2.22. The summed E-state index contributed by atoms with van der Waals surface area (Å²) in [4.78, 5) is 16.9. The third-order valence-corrected chi connectivity index (χ3v) is 4.44. The van der Waals surface area contributed by atoms with Gasteiger partial charge in [0.25, 0.3) is 5.91 Å². The Morgan fingerprint density at radius 3 is 2.62 bits per heavy atom. The molecular weight excluding hydrogens is 364 g/mol. The second-order valence-corrected chi connectivity index (χ2v) is 6.55. The van der Waals surface area contributed by atoms with Crippen molar-refractivity contribution in [1.29, 1.82) is 0 Å². The van der Waals surface area contributed by atoms with Crippen molar-refractivity contribution in [2.24, 2.45) is 0 Å². The molecule has 4 rings (SSSR count). The smallest absolute Gasteiger partial charge is 0.251 e. The van der Waals surface area contributed by atoms with E-state index in [4.69, 9.17) is 9.15 Å². The number of nitrogens with zero attached hydrogens (tertiary/aromatic N) is 1. The fourth-order valence-corrected chi connectivity index (χ4v) is 2.86. The second kappa shape index (κ2) is 8.89. The van der Waals surface area contributed by atoms with Gasteiger partial charge in [-0.2, -0.15) is 0 Å². The van der Waals surface area contributed by atoms with Crippen LogP contribution in [-0.2, 0) is 13.2 Å². The Labute approximate surface area is 169 Å². The maximum Gasteiger partial charge on any atom is 0.251 e. The first-order valence-corrected chi connectivity index (χ1v) is 9.30. The van der Waals surface area contributed by atoms with Gasteiger partial charge in [0.1, 0.15) is 12.4 Å². The van der Waals surface area contributed by atoms with Crippen molar-refractivity contribution in [3.8, 4) is 17.0 Å². The van der Waals surface area contributed by atoms with E-state index >= 15 is 0 Å². The van der Waals surface area contributed by atoms with Crippen molar-refractivity contribution < 1.29 is 13.9 Å². The number of carbonyl (C=O) groups excluding carboxylic acids is 1. The number of pyridine rings is 1. The molecule has 1 N–H and O–H groups in total. The van der Waals surface area contributed by atoms with Gasteiger partial charge in [0, 0.05) is 23.9 Å². The summed E-state index contributed by atoms with van der Waals surface area (Å²) in [5.74, 6) is 0.502. The van der Waals surface area contributed by atoms with E-state index in [-0.39, 0.29) is 5.91 Å². The number of hydrogen-bond donors (Lipinski definition) is 1. The molecule has 0 radical (unpaired) electrons. The maximum absolute atomic E-state index is 12.5. The van der Waals surface area contributed by atoms with Gasteiger partial charge >= 0.3 is 0 Å². The third kappa shape index (κ3) is 4.90. The molecule has 29 heavy (non-hydrogen) atoms. The first-order chi connectivity index (χ1) is 14.3. The van der Waals surface area contributed by atoms with Crippen molar-refractivity contribution in [1.82, 2.24) is 10.3 Å². The van der Waals surface area contributed by atoms with E-state index < -0.39 is 0 Å². The van der Waals surface area contributed by atoms with Gasteiger partial charge in [-0.1, -0.05) is 42.5 Å². The Bertz CT molecular complexity index is 1060. The number of hydrogen-bond acceptors (Lipinski definition) is 4.